The molecule has 0 radical (unpaired) electrons. The molecule has 5 rings (SSSR count). The summed E-state index contributed by atoms with van der Waals surface area (Å²) < 4.78 is 22.1. The monoisotopic (exact) mass is 436 g/mol. The Morgan fingerprint density at radius 1 is 1.09 bits per heavy atom. The maximum atomic E-state index is 13.5. The number of benzene rings is 2. The third-order valence-electron chi connectivity index (χ3n) is 6.43. The van der Waals surface area contributed by atoms with Crippen molar-refractivity contribution in [2.75, 3.05) is 38.1 Å². The summed E-state index contributed by atoms with van der Waals surface area (Å²) in [5.41, 5.74) is 0.417. The van der Waals surface area contributed by atoms with Gasteiger partial charge in [-0.25, -0.2) is 0 Å². The molecule has 0 aliphatic carbocycles. The highest BCUT2D eigenvalue weighted by atomic mass is 16.5. The van der Waals surface area contributed by atoms with Crippen LogP contribution in [0.3, 0.4) is 0 Å². The number of methoxy groups -OCH3 is 3. The summed E-state index contributed by atoms with van der Waals surface area (Å²) >= 11 is 0. The van der Waals surface area contributed by atoms with Gasteiger partial charge < -0.3 is 29.2 Å². The maximum Gasteiger partial charge on any atom is 0.234 e. The van der Waals surface area contributed by atoms with E-state index in [2.05, 4.69) is 5.32 Å². The van der Waals surface area contributed by atoms with Crippen molar-refractivity contribution in [1.29, 1.82) is 0 Å². The normalized spacial score (nSPS) is 27.4. The molecule has 2 saturated heterocycles. The van der Waals surface area contributed by atoms with Crippen LogP contribution in [0.2, 0.25) is 0 Å². The van der Waals surface area contributed by atoms with E-state index in [1.54, 1.807) is 37.3 Å². The number of fused-ring (bicyclic) bond motifs is 1. The Labute approximate surface area is 185 Å². The first kappa shape index (κ1) is 20.4. The molecule has 2 unspecified atom stereocenters. The number of hydrogen-bond acceptors (Lipinski definition) is 6. The molecule has 3 heterocycles. The first-order valence-corrected chi connectivity index (χ1v) is 10.3. The van der Waals surface area contributed by atoms with Crippen LogP contribution in [0.1, 0.15) is 0 Å². The van der Waals surface area contributed by atoms with E-state index in [1.807, 2.05) is 36.4 Å². The number of anilines is 2. The average Bonchev–Trinajstić information content (AvgIpc) is 3.47. The number of nitrogens with one attached hydrogen (secondary N) is 1. The van der Waals surface area contributed by atoms with Crippen LogP contribution in [0.25, 0.3) is 0 Å². The molecule has 2 aromatic carbocycles. The Bertz CT molecular complexity index is 1120. The lowest BCUT2D eigenvalue weighted by molar-refractivity contribution is -0.128. The highest BCUT2D eigenvalue weighted by Crippen LogP contribution is 2.53. The third kappa shape index (κ3) is 3.02. The van der Waals surface area contributed by atoms with Gasteiger partial charge in [0.2, 0.25) is 11.8 Å². The minimum Gasteiger partial charge on any atom is -0.497 e. The van der Waals surface area contributed by atoms with Crippen LogP contribution in [0.4, 0.5) is 11.4 Å². The van der Waals surface area contributed by atoms with Crippen LogP contribution < -0.4 is 24.4 Å². The van der Waals surface area contributed by atoms with Crippen LogP contribution in [-0.4, -0.2) is 51.4 Å². The number of rotatable bonds is 6. The summed E-state index contributed by atoms with van der Waals surface area (Å²) in [6.45, 7) is 0.353. The van der Waals surface area contributed by atoms with Crippen LogP contribution in [0.15, 0.2) is 54.6 Å². The smallest absolute Gasteiger partial charge is 0.234 e. The quantitative estimate of drug-likeness (QED) is 0.701. The molecule has 8 heteroatoms. The highest BCUT2D eigenvalue weighted by Gasteiger charge is 2.67. The zero-order chi connectivity index (χ0) is 22.5. The molecule has 3 aliphatic rings. The SMILES string of the molecule is COc1cccc(N2C[C@]34C=C[C@@H](O3)C(C(=O)Nc3ccc(OC)cc3OC)C4C2=O)c1. The molecular weight excluding hydrogens is 412 g/mol. The van der Waals surface area contributed by atoms with Gasteiger partial charge in [0.15, 0.2) is 0 Å². The van der Waals surface area contributed by atoms with E-state index >= 15 is 0 Å². The van der Waals surface area contributed by atoms with E-state index in [4.69, 9.17) is 18.9 Å². The summed E-state index contributed by atoms with van der Waals surface area (Å²) in [6, 6.07) is 12.5. The van der Waals surface area contributed by atoms with Gasteiger partial charge in [-0.15, -0.1) is 0 Å². The van der Waals surface area contributed by atoms with E-state index in [0.29, 0.717) is 29.5 Å². The fraction of sp³-hybridized carbons (Fsp3) is 0.333. The Hall–Kier alpha value is -3.52. The topological polar surface area (TPSA) is 86.3 Å². The Balaban J connectivity index is 1.42. The first-order valence-electron chi connectivity index (χ1n) is 10.3. The third-order valence-corrected chi connectivity index (χ3v) is 6.43. The van der Waals surface area contributed by atoms with Gasteiger partial charge in [0.1, 0.15) is 22.8 Å². The summed E-state index contributed by atoms with van der Waals surface area (Å²) in [5, 5.41) is 2.92. The van der Waals surface area contributed by atoms with Crippen molar-refractivity contribution in [2.45, 2.75) is 11.7 Å². The van der Waals surface area contributed by atoms with Gasteiger partial charge in [-0.05, 0) is 24.3 Å². The highest BCUT2D eigenvalue weighted by molar-refractivity contribution is 6.05. The standard InChI is InChI=1S/C24H24N2O6/c1-29-15-6-4-5-14(11-15)26-13-24-10-9-18(32-24)20(21(24)23(26)28)22(27)25-17-8-7-16(30-2)12-19(17)31-3/h4-12,18,20-21H,13H2,1-3H3,(H,25,27)/t18-,20?,21?,24+/m1/s1. The predicted octanol–water partition coefficient (Wildman–Crippen LogP) is 2.64. The zero-order valence-electron chi connectivity index (χ0n) is 18.0. The summed E-state index contributed by atoms with van der Waals surface area (Å²) in [6.07, 6.45) is 3.37. The predicted molar refractivity (Wildman–Crippen MR) is 117 cm³/mol. The van der Waals surface area contributed by atoms with E-state index in [0.717, 1.165) is 5.69 Å². The fourth-order valence-corrected chi connectivity index (χ4v) is 4.91. The van der Waals surface area contributed by atoms with E-state index < -0.39 is 23.5 Å². The Morgan fingerprint density at radius 2 is 1.88 bits per heavy atom. The van der Waals surface area contributed by atoms with E-state index in [9.17, 15) is 9.59 Å². The largest absolute Gasteiger partial charge is 0.497 e. The molecule has 0 saturated carbocycles. The van der Waals surface area contributed by atoms with Crippen molar-refractivity contribution in [2.24, 2.45) is 11.8 Å². The lowest BCUT2D eigenvalue weighted by Crippen LogP contribution is -2.41. The van der Waals surface area contributed by atoms with Crippen molar-refractivity contribution >= 4 is 23.2 Å². The van der Waals surface area contributed by atoms with Crippen molar-refractivity contribution in [3.8, 4) is 17.2 Å². The molecule has 4 atom stereocenters. The van der Waals surface area contributed by atoms with Crippen molar-refractivity contribution < 1.29 is 28.5 Å². The number of nitrogens with zero attached hydrogens (tertiary/aromatic N) is 1. The van der Waals surface area contributed by atoms with Gasteiger partial charge in [0.05, 0.1) is 51.5 Å². The van der Waals surface area contributed by atoms with Gasteiger partial charge >= 0.3 is 0 Å². The van der Waals surface area contributed by atoms with Crippen LogP contribution in [-0.2, 0) is 14.3 Å². The minimum atomic E-state index is -0.809. The molecule has 2 amide bonds. The van der Waals surface area contributed by atoms with E-state index in [1.165, 1.54) is 7.11 Å². The van der Waals surface area contributed by atoms with Gasteiger partial charge in [-0.2, -0.15) is 0 Å². The van der Waals surface area contributed by atoms with Gasteiger partial charge in [-0.3, -0.25) is 9.59 Å². The minimum absolute atomic E-state index is 0.132. The summed E-state index contributed by atoms with van der Waals surface area (Å²) in [4.78, 5) is 28.5. The van der Waals surface area contributed by atoms with Gasteiger partial charge in [0.25, 0.3) is 0 Å². The van der Waals surface area contributed by atoms with Crippen LogP contribution >= 0.6 is 0 Å². The molecule has 32 heavy (non-hydrogen) atoms. The molecule has 1 spiro atoms. The second-order valence-electron chi connectivity index (χ2n) is 8.08. The fourth-order valence-electron chi connectivity index (χ4n) is 4.91. The Morgan fingerprint density at radius 3 is 2.62 bits per heavy atom. The molecule has 2 fully saturated rings. The summed E-state index contributed by atoms with van der Waals surface area (Å²) in [5.74, 6) is 0.0875. The number of carbonyl (C=O) groups is 2. The number of amides is 2. The molecule has 2 bridgehead atoms. The molecule has 2 aromatic rings. The number of hydrogen-bond donors (Lipinski definition) is 1. The lowest BCUT2D eigenvalue weighted by atomic mass is 9.76. The Kier molecular flexibility index (Phi) is 4.82. The summed E-state index contributed by atoms with van der Waals surface area (Å²) in [7, 11) is 4.67. The molecular formula is C24H24N2O6. The maximum absolute atomic E-state index is 13.5. The molecule has 8 nitrogen and oxygen atoms in total. The van der Waals surface area contributed by atoms with Crippen molar-refractivity contribution in [3.63, 3.8) is 0 Å². The van der Waals surface area contributed by atoms with Crippen molar-refractivity contribution in [3.05, 3.63) is 54.6 Å². The number of ether oxygens (including phenoxy) is 4. The molecule has 1 N–H and O–H groups in total. The van der Waals surface area contributed by atoms with Gasteiger partial charge in [0, 0.05) is 17.8 Å². The average molecular weight is 436 g/mol. The number of carbonyl (C=O) groups excluding carboxylic acids is 2. The lowest BCUT2D eigenvalue weighted by Gasteiger charge is -2.24. The van der Waals surface area contributed by atoms with Crippen LogP contribution in [0.5, 0.6) is 17.2 Å². The molecule has 0 aromatic heterocycles. The second-order valence-corrected chi connectivity index (χ2v) is 8.08. The van der Waals surface area contributed by atoms with Crippen molar-refractivity contribution in [1.82, 2.24) is 0 Å². The van der Waals surface area contributed by atoms with E-state index in [-0.39, 0.29) is 11.8 Å². The molecule has 166 valence electrons. The molecule has 3 aliphatic heterocycles. The zero-order valence-corrected chi connectivity index (χ0v) is 18.0. The van der Waals surface area contributed by atoms with Crippen LogP contribution in [0, 0.1) is 11.8 Å². The second kappa shape index (κ2) is 7.56. The van der Waals surface area contributed by atoms with Gasteiger partial charge in [-0.1, -0.05) is 18.2 Å². The first-order chi connectivity index (χ1) is 15.5.